The lowest BCUT2D eigenvalue weighted by molar-refractivity contribution is 0.0979. The van der Waals surface area contributed by atoms with Gasteiger partial charge in [-0.05, 0) is 31.5 Å². The first-order valence-corrected chi connectivity index (χ1v) is 6.84. The van der Waals surface area contributed by atoms with E-state index in [4.69, 9.17) is 4.42 Å². The van der Waals surface area contributed by atoms with Crippen molar-refractivity contribution in [1.29, 1.82) is 0 Å². The monoisotopic (exact) mass is 261 g/mol. The molecule has 0 unspecified atom stereocenters. The van der Waals surface area contributed by atoms with Crippen molar-refractivity contribution in [3.8, 4) is 0 Å². The first-order valence-electron chi connectivity index (χ1n) is 6.84. The topological polar surface area (TPSA) is 52.2 Å². The van der Waals surface area contributed by atoms with Crippen molar-refractivity contribution in [3.05, 3.63) is 34.3 Å². The fourth-order valence-corrected chi connectivity index (χ4v) is 2.22. The number of fused-ring (bicyclic) bond motifs is 1. The molecule has 1 aromatic carbocycles. The fourth-order valence-electron chi connectivity index (χ4n) is 2.22. The maximum Gasteiger partial charge on any atom is 0.419 e. The SMILES string of the molecule is CCCCCC(=O)c1ccc2c(c1)oc(=O)n2CC. The zero-order chi connectivity index (χ0) is 13.8. The Morgan fingerprint density at radius 2 is 2.05 bits per heavy atom. The molecule has 0 aliphatic heterocycles. The minimum atomic E-state index is -0.368. The van der Waals surface area contributed by atoms with E-state index in [2.05, 4.69) is 6.92 Å². The van der Waals surface area contributed by atoms with Gasteiger partial charge in [-0.15, -0.1) is 0 Å². The predicted octanol–water partition coefficient (Wildman–Crippen LogP) is 3.38. The molecule has 0 spiro atoms. The van der Waals surface area contributed by atoms with Crippen molar-refractivity contribution < 1.29 is 9.21 Å². The Morgan fingerprint density at radius 1 is 1.26 bits per heavy atom. The van der Waals surface area contributed by atoms with Crippen LogP contribution in [0.15, 0.2) is 27.4 Å². The van der Waals surface area contributed by atoms with Crippen molar-refractivity contribution in [1.82, 2.24) is 4.57 Å². The summed E-state index contributed by atoms with van der Waals surface area (Å²) in [5, 5.41) is 0. The van der Waals surface area contributed by atoms with E-state index in [-0.39, 0.29) is 11.5 Å². The molecule has 0 fully saturated rings. The van der Waals surface area contributed by atoms with Gasteiger partial charge in [0, 0.05) is 18.5 Å². The number of carbonyl (C=O) groups is 1. The van der Waals surface area contributed by atoms with Crippen LogP contribution in [0.4, 0.5) is 0 Å². The molecule has 1 aromatic heterocycles. The highest BCUT2D eigenvalue weighted by Gasteiger charge is 2.11. The molecule has 1 heterocycles. The van der Waals surface area contributed by atoms with Crippen LogP contribution in [-0.4, -0.2) is 10.4 Å². The Bertz CT molecular complexity index is 636. The normalized spacial score (nSPS) is 11.1. The van der Waals surface area contributed by atoms with E-state index in [1.807, 2.05) is 6.92 Å². The molecule has 0 aliphatic carbocycles. The number of Topliss-reactive ketones (excluding diaryl/α,β-unsaturated/α-hetero) is 1. The number of benzene rings is 1. The second-order valence-electron chi connectivity index (χ2n) is 4.68. The molecule has 4 heteroatoms. The quantitative estimate of drug-likeness (QED) is 0.591. The third-order valence-electron chi connectivity index (χ3n) is 3.31. The number of ketones is 1. The summed E-state index contributed by atoms with van der Waals surface area (Å²) < 4.78 is 6.72. The molecular weight excluding hydrogens is 242 g/mol. The van der Waals surface area contributed by atoms with Gasteiger partial charge in [-0.1, -0.05) is 19.8 Å². The highest BCUT2D eigenvalue weighted by Crippen LogP contribution is 2.17. The third-order valence-corrected chi connectivity index (χ3v) is 3.31. The van der Waals surface area contributed by atoms with E-state index in [1.54, 1.807) is 22.8 Å². The molecule has 0 atom stereocenters. The average Bonchev–Trinajstić information content (AvgIpc) is 2.73. The van der Waals surface area contributed by atoms with Gasteiger partial charge in [0.25, 0.3) is 0 Å². The first kappa shape index (κ1) is 13.6. The van der Waals surface area contributed by atoms with Gasteiger partial charge < -0.3 is 4.42 Å². The van der Waals surface area contributed by atoms with Gasteiger partial charge in [0.05, 0.1) is 5.52 Å². The summed E-state index contributed by atoms with van der Waals surface area (Å²) in [5.74, 6) is -0.254. The number of unbranched alkanes of at least 4 members (excludes halogenated alkanes) is 2. The number of hydrogen-bond donors (Lipinski definition) is 0. The zero-order valence-corrected chi connectivity index (χ0v) is 11.4. The highest BCUT2D eigenvalue weighted by molar-refractivity contribution is 5.98. The molecule has 2 aromatic rings. The summed E-state index contributed by atoms with van der Waals surface area (Å²) in [5.41, 5.74) is 1.87. The van der Waals surface area contributed by atoms with Gasteiger partial charge in [0.2, 0.25) is 0 Å². The number of oxazole rings is 1. The van der Waals surface area contributed by atoms with Crippen molar-refractivity contribution in [2.45, 2.75) is 46.1 Å². The smallest absolute Gasteiger partial charge is 0.408 e. The lowest BCUT2D eigenvalue weighted by atomic mass is 10.0. The Balaban J connectivity index is 2.27. The van der Waals surface area contributed by atoms with Crippen molar-refractivity contribution in [3.63, 3.8) is 0 Å². The van der Waals surface area contributed by atoms with Crippen molar-refractivity contribution in [2.24, 2.45) is 0 Å². The first-order chi connectivity index (χ1) is 9.17. The van der Waals surface area contributed by atoms with Crippen LogP contribution in [0.2, 0.25) is 0 Å². The largest absolute Gasteiger partial charge is 0.419 e. The van der Waals surface area contributed by atoms with Crippen LogP contribution in [0, 0.1) is 0 Å². The summed E-state index contributed by atoms with van der Waals surface area (Å²) in [6.45, 7) is 4.56. The van der Waals surface area contributed by atoms with Crippen molar-refractivity contribution in [2.75, 3.05) is 0 Å². The van der Waals surface area contributed by atoms with Crippen LogP contribution in [0.3, 0.4) is 0 Å². The van der Waals surface area contributed by atoms with Crippen LogP contribution in [-0.2, 0) is 6.54 Å². The summed E-state index contributed by atoms with van der Waals surface area (Å²) in [6.07, 6.45) is 3.63. The van der Waals surface area contributed by atoms with E-state index in [1.165, 1.54) is 0 Å². The lowest BCUT2D eigenvalue weighted by Gasteiger charge is -2.01. The van der Waals surface area contributed by atoms with Crippen LogP contribution < -0.4 is 5.76 Å². The molecule has 2 rings (SSSR count). The number of aryl methyl sites for hydroxylation is 1. The molecule has 102 valence electrons. The number of aromatic nitrogens is 1. The maximum absolute atomic E-state index is 12.0. The van der Waals surface area contributed by atoms with E-state index >= 15 is 0 Å². The number of rotatable bonds is 6. The van der Waals surface area contributed by atoms with Gasteiger partial charge in [-0.25, -0.2) is 4.79 Å². The van der Waals surface area contributed by atoms with Gasteiger partial charge in [-0.3, -0.25) is 9.36 Å². The van der Waals surface area contributed by atoms with Gasteiger partial charge >= 0.3 is 5.76 Å². The molecule has 0 bridgehead atoms. The number of hydrogen-bond acceptors (Lipinski definition) is 3. The highest BCUT2D eigenvalue weighted by atomic mass is 16.4. The van der Waals surface area contributed by atoms with E-state index in [0.717, 1.165) is 24.8 Å². The second kappa shape index (κ2) is 5.87. The van der Waals surface area contributed by atoms with Gasteiger partial charge in [0.15, 0.2) is 11.4 Å². The Kier molecular flexibility index (Phi) is 4.20. The van der Waals surface area contributed by atoms with Gasteiger partial charge in [0.1, 0.15) is 0 Å². The third kappa shape index (κ3) is 2.78. The molecular formula is C15H19NO3. The van der Waals surface area contributed by atoms with E-state index < -0.39 is 0 Å². The van der Waals surface area contributed by atoms with Crippen LogP contribution in [0.25, 0.3) is 11.1 Å². The number of carbonyl (C=O) groups excluding carboxylic acids is 1. The molecule has 19 heavy (non-hydrogen) atoms. The minimum Gasteiger partial charge on any atom is -0.408 e. The van der Waals surface area contributed by atoms with Crippen LogP contribution in [0.5, 0.6) is 0 Å². The molecule has 4 nitrogen and oxygen atoms in total. The molecule has 0 aliphatic rings. The van der Waals surface area contributed by atoms with Gasteiger partial charge in [-0.2, -0.15) is 0 Å². The van der Waals surface area contributed by atoms with Crippen LogP contribution in [0.1, 0.15) is 49.9 Å². The summed E-state index contributed by atoms with van der Waals surface area (Å²) >= 11 is 0. The summed E-state index contributed by atoms with van der Waals surface area (Å²) in [6, 6.07) is 5.24. The average molecular weight is 261 g/mol. The fraction of sp³-hybridized carbons (Fsp3) is 0.467. The molecule has 0 radical (unpaired) electrons. The lowest BCUT2D eigenvalue weighted by Crippen LogP contribution is -2.11. The molecule has 0 saturated heterocycles. The van der Waals surface area contributed by atoms with E-state index in [9.17, 15) is 9.59 Å². The predicted molar refractivity (Wildman–Crippen MR) is 74.6 cm³/mol. The van der Waals surface area contributed by atoms with E-state index in [0.29, 0.717) is 24.1 Å². The standard InChI is InChI=1S/C15H19NO3/c1-3-5-6-7-13(17)11-8-9-12-14(10-11)19-15(18)16(12)4-2/h8-10H,3-7H2,1-2H3. The zero-order valence-electron chi connectivity index (χ0n) is 11.4. The minimum absolute atomic E-state index is 0.113. The Labute approximate surface area is 112 Å². The van der Waals surface area contributed by atoms with Crippen LogP contribution >= 0.6 is 0 Å². The summed E-state index contributed by atoms with van der Waals surface area (Å²) in [7, 11) is 0. The summed E-state index contributed by atoms with van der Waals surface area (Å²) in [4.78, 5) is 23.6. The van der Waals surface area contributed by atoms with Crippen molar-refractivity contribution >= 4 is 16.9 Å². The molecule has 0 N–H and O–H groups in total. The Morgan fingerprint density at radius 3 is 2.74 bits per heavy atom. The number of nitrogens with zero attached hydrogens (tertiary/aromatic N) is 1. The molecule has 0 amide bonds. The maximum atomic E-state index is 12.0. The Hall–Kier alpha value is -1.84. The second-order valence-corrected chi connectivity index (χ2v) is 4.68. The molecule has 0 saturated carbocycles.